The normalized spacial score (nSPS) is 12.4. The molecule has 0 amide bonds. The van der Waals surface area contributed by atoms with Crippen LogP contribution >= 0.6 is 0 Å². The molecule has 1 aliphatic rings. The van der Waals surface area contributed by atoms with Crippen LogP contribution in [0.2, 0.25) is 0 Å². The summed E-state index contributed by atoms with van der Waals surface area (Å²) in [4.78, 5) is 0. The maximum Gasteiger partial charge on any atom is 0.231 e. The van der Waals surface area contributed by atoms with E-state index in [0.29, 0.717) is 25.5 Å². The molecule has 2 aromatic rings. The third-order valence-corrected chi connectivity index (χ3v) is 3.06. The van der Waals surface area contributed by atoms with Gasteiger partial charge in [0, 0.05) is 11.8 Å². The Morgan fingerprint density at radius 3 is 2.81 bits per heavy atom. The lowest BCUT2D eigenvalue weighted by Gasteiger charge is -2.08. The zero-order valence-corrected chi connectivity index (χ0v) is 11.6. The molecule has 1 heterocycles. The largest absolute Gasteiger partial charge is 0.491 e. The molecule has 1 aliphatic heterocycles. The van der Waals surface area contributed by atoms with E-state index in [0.717, 1.165) is 22.8 Å². The predicted molar refractivity (Wildman–Crippen MR) is 78.6 cm³/mol. The van der Waals surface area contributed by atoms with Gasteiger partial charge in [0.25, 0.3) is 0 Å². The van der Waals surface area contributed by atoms with Crippen molar-refractivity contribution >= 4 is 5.69 Å². The van der Waals surface area contributed by atoms with Crippen LogP contribution in [0.1, 0.15) is 5.56 Å². The molecule has 5 nitrogen and oxygen atoms in total. The number of nitrogen functional groups attached to an aromatic ring is 1. The Hall–Kier alpha value is -2.40. The molecule has 0 spiro atoms. The summed E-state index contributed by atoms with van der Waals surface area (Å²) in [6.07, 6.45) is 0. The first-order valence-corrected chi connectivity index (χ1v) is 6.76. The van der Waals surface area contributed by atoms with E-state index in [1.54, 1.807) is 6.07 Å². The molecular formula is C16H17NO4. The fraction of sp³-hybridized carbons (Fsp3) is 0.250. The molecule has 0 unspecified atom stereocenters. The zero-order valence-electron chi connectivity index (χ0n) is 11.6. The van der Waals surface area contributed by atoms with Crippen molar-refractivity contribution < 1.29 is 18.9 Å². The summed E-state index contributed by atoms with van der Waals surface area (Å²) in [6, 6.07) is 13.1. The molecule has 0 saturated carbocycles. The van der Waals surface area contributed by atoms with Crippen molar-refractivity contribution in [1.82, 2.24) is 0 Å². The van der Waals surface area contributed by atoms with Crippen LogP contribution in [0.3, 0.4) is 0 Å². The third-order valence-electron chi connectivity index (χ3n) is 3.06. The van der Waals surface area contributed by atoms with Gasteiger partial charge in [-0.05, 0) is 29.8 Å². The van der Waals surface area contributed by atoms with E-state index in [4.69, 9.17) is 24.7 Å². The Morgan fingerprint density at radius 1 is 1.00 bits per heavy atom. The molecule has 0 bridgehead atoms. The van der Waals surface area contributed by atoms with Gasteiger partial charge in [-0.3, -0.25) is 0 Å². The van der Waals surface area contributed by atoms with Gasteiger partial charge < -0.3 is 24.7 Å². The zero-order chi connectivity index (χ0) is 14.5. The smallest absolute Gasteiger partial charge is 0.231 e. The van der Waals surface area contributed by atoms with Crippen molar-refractivity contribution in [3.05, 3.63) is 48.0 Å². The lowest BCUT2D eigenvalue weighted by molar-refractivity contribution is 0.0888. The maximum atomic E-state index is 5.68. The van der Waals surface area contributed by atoms with Gasteiger partial charge in [0.15, 0.2) is 11.5 Å². The highest BCUT2D eigenvalue weighted by Crippen LogP contribution is 2.32. The predicted octanol–water partition coefficient (Wildman–Crippen LogP) is 2.59. The van der Waals surface area contributed by atoms with E-state index in [1.165, 1.54) is 0 Å². The van der Waals surface area contributed by atoms with E-state index in [1.807, 2.05) is 36.4 Å². The number of benzene rings is 2. The van der Waals surface area contributed by atoms with Crippen molar-refractivity contribution in [2.24, 2.45) is 0 Å². The van der Waals surface area contributed by atoms with Crippen molar-refractivity contribution in [1.29, 1.82) is 0 Å². The minimum absolute atomic E-state index is 0.285. The molecule has 0 fully saturated rings. The van der Waals surface area contributed by atoms with E-state index >= 15 is 0 Å². The summed E-state index contributed by atoms with van der Waals surface area (Å²) in [5, 5.41) is 0. The summed E-state index contributed by atoms with van der Waals surface area (Å²) in [6.45, 7) is 1.78. The van der Waals surface area contributed by atoms with Gasteiger partial charge in [-0.15, -0.1) is 0 Å². The number of hydrogen-bond donors (Lipinski definition) is 1. The molecular weight excluding hydrogens is 270 g/mol. The third kappa shape index (κ3) is 3.58. The van der Waals surface area contributed by atoms with E-state index in [2.05, 4.69) is 0 Å². The van der Waals surface area contributed by atoms with E-state index < -0.39 is 0 Å². The minimum Gasteiger partial charge on any atom is -0.491 e. The first kappa shape index (κ1) is 13.6. The average Bonchev–Trinajstić information content (AvgIpc) is 2.94. The standard InChI is InChI=1S/C16H17NO4/c17-13-2-1-3-14(9-13)19-7-6-18-10-12-4-5-15-16(8-12)21-11-20-15/h1-5,8-9H,6-7,10-11,17H2. The van der Waals surface area contributed by atoms with Gasteiger partial charge in [0.05, 0.1) is 13.2 Å². The Kier molecular flexibility index (Phi) is 4.12. The molecule has 5 heteroatoms. The minimum atomic E-state index is 0.285. The van der Waals surface area contributed by atoms with Gasteiger partial charge in [-0.1, -0.05) is 12.1 Å². The van der Waals surface area contributed by atoms with Crippen molar-refractivity contribution in [3.63, 3.8) is 0 Å². The van der Waals surface area contributed by atoms with Crippen LogP contribution in [0, 0.1) is 0 Å². The molecule has 3 rings (SSSR count). The number of anilines is 1. The highest BCUT2D eigenvalue weighted by molar-refractivity contribution is 5.44. The molecule has 110 valence electrons. The molecule has 0 atom stereocenters. The van der Waals surface area contributed by atoms with Gasteiger partial charge in [-0.2, -0.15) is 0 Å². The lowest BCUT2D eigenvalue weighted by atomic mass is 10.2. The van der Waals surface area contributed by atoms with Crippen LogP contribution in [-0.2, 0) is 11.3 Å². The van der Waals surface area contributed by atoms with Crippen molar-refractivity contribution in [2.75, 3.05) is 25.7 Å². The second-order valence-electron chi connectivity index (χ2n) is 4.66. The molecule has 21 heavy (non-hydrogen) atoms. The first-order valence-electron chi connectivity index (χ1n) is 6.76. The monoisotopic (exact) mass is 287 g/mol. The van der Waals surface area contributed by atoms with Gasteiger partial charge in [0.2, 0.25) is 6.79 Å². The molecule has 2 aromatic carbocycles. The molecule has 0 aromatic heterocycles. The summed E-state index contributed by atoms with van der Waals surface area (Å²) < 4.78 is 21.7. The molecule has 0 saturated heterocycles. The van der Waals surface area contributed by atoms with Gasteiger partial charge >= 0.3 is 0 Å². The summed E-state index contributed by atoms with van der Waals surface area (Å²) in [5.74, 6) is 2.30. The summed E-state index contributed by atoms with van der Waals surface area (Å²) in [5.41, 5.74) is 7.41. The molecule has 2 N–H and O–H groups in total. The number of rotatable bonds is 6. The second-order valence-corrected chi connectivity index (χ2v) is 4.66. The lowest BCUT2D eigenvalue weighted by Crippen LogP contribution is -2.06. The maximum absolute atomic E-state index is 5.68. The van der Waals surface area contributed by atoms with Crippen LogP contribution in [0.5, 0.6) is 17.2 Å². The van der Waals surface area contributed by atoms with Gasteiger partial charge in [0.1, 0.15) is 12.4 Å². The number of hydrogen-bond acceptors (Lipinski definition) is 5. The first-order chi connectivity index (χ1) is 10.3. The number of ether oxygens (including phenoxy) is 4. The second kappa shape index (κ2) is 6.37. The quantitative estimate of drug-likeness (QED) is 0.653. The Bertz CT molecular complexity index is 615. The SMILES string of the molecule is Nc1cccc(OCCOCc2ccc3c(c2)OCO3)c1. The van der Waals surface area contributed by atoms with Crippen molar-refractivity contribution in [3.8, 4) is 17.2 Å². The fourth-order valence-electron chi connectivity index (χ4n) is 2.04. The number of nitrogens with two attached hydrogens (primary N) is 1. The molecule has 0 radical (unpaired) electrons. The van der Waals surface area contributed by atoms with E-state index in [-0.39, 0.29) is 6.79 Å². The van der Waals surface area contributed by atoms with Crippen LogP contribution < -0.4 is 19.9 Å². The fourth-order valence-corrected chi connectivity index (χ4v) is 2.04. The summed E-state index contributed by atoms with van der Waals surface area (Å²) >= 11 is 0. The average molecular weight is 287 g/mol. The Balaban J connectivity index is 1.40. The topological polar surface area (TPSA) is 62.9 Å². The highest BCUT2D eigenvalue weighted by Gasteiger charge is 2.12. The van der Waals surface area contributed by atoms with E-state index in [9.17, 15) is 0 Å². The highest BCUT2D eigenvalue weighted by atomic mass is 16.7. The van der Waals surface area contributed by atoms with Crippen LogP contribution in [0.15, 0.2) is 42.5 Å². The van der Waals surface area contributed by atoms with Crippen LogP contribution in [-0.4, -0.2) is 20.0 Å². The number of fused-ring (bicyclic) bond motifs is 1. The van der Waals surface area contributed by atoms with Gasteiger partial charge in [-0.25, -0.2) is 0 Å². The van der Waals surface area contributed by atoms with Crippen LogP contribution in [0.25, 0.3) is 0 Å². The summed E-state index contributed by atoms with van der Waals surface area (Å²) in [7, 11) is 0. The van der Waals surface area contributed by atoms with Crippen molar-refractivity contribution in [2.45, 2.75) is 6.61 Å². The molecule has 0 aliphatic carbocycles. The van der Waals surface area contributed by atoms with Crippen LogP contribution in [0.4, 0.5) is 5.69 Å². The Labute approximate surface area is 123 Å². The Morgan fingerprint density at radius 2 is 1.90 bits per heavy atom.